The summed E-state index contributed by atoms with van der Waals surface area (Å²) in [5.74, 6) is 0.621. The smallest absolute Gasteiger partial charge is 0.221 e. The first-order valence-electron chi connectivity index (χ1n) is 7.58. The van der Waals surface area contributed by atoms with Crippen molar-refractivity contribution in [1.82, 2.24) is 15.3 Å². The van der Waals surface area contributed by atoms with E-state index in [1.807, 2.05) is 26.0 Å². The third kappa shape index (κ3) is 4.68. The lowest BCUT2D eigenvalue weighted by molar-refractivity contribution is -0.120. The minimum atomic E-state index is -0.0399. The lowest BCUT2D eigenvalue weighted by Gasteiger charge is -2.11. The van der Waals surface area contributed by atoms with Crippen LogP contribution in [0, 0.1) is 25.2 Å². The number of rotatable bonds is 6. The second-order valence-corrected chi connectivity index (χ2v) is 5.38. The van der Waals surface area contributed by atoms with E-state index in [-0.39, 0.29) is 11.6 Å². The molecule has 7 heteroatoms. The van der Waals surface area contributed by atoms with Crippen molar-refractivity contribution in [3.8, 4) is 6.07 Å². The van der Waals surface area contributed by atoms with Crippen molar-refractivity contribution in [2.75, 3.05) is 24.2 Å². The molecular weight excluding hydrogens is 304 g/mol. The third-order valence-corrected chi connectivity index (χ3v) is 3.31. The monoisotopic (exact) mass is 324 g/mol. The van der Waals surface area contributed by atoms with Crippen molar-refractivity contribution in [3.63, 3.8) is 0 Å². The Hall–Kier alpha value is -3.14. The van der Waals surface area contributed by atoms with E-state index >= 15 is 0 Å². The van der Waals surface area contributed by atoms with Gasteiger partial charge in [-0.25, -0.2) is 9.97 Å². The van der Waals surface area contributed by atoms with Crippen LogP contribution in [-0.4, -0.2) is 29.5 Å². The zero-order chi connectivity index (χ0) is 17.5. The molecule has 0 saturated carbocycles. The molecule has 0 unspecified atom stereocenters. The maximum Gasteiger partial charge on any atom is 0.221 e. The largest absolute Gasteiger partial charge is 0.383 e. The van der Waals surface area contributed by atoms with E-state index in [9.17, 15) is 10.1 Å². The van der Waals surface area contributed by atoms with Crippen LogP contribution in [0.5, 0.6) is 0 Å². The van der Waals surface area contributed by atoms with Crippen LogP contribution in [0.2, 0.25) is 0 Å². The first-order valence-corrected chi connectivity index (χ1v) is 7.58. The molecule has 24 heavy (non-hydrogen) atoms. The molecule has 2 heterocycles. The summed E-state index contributed by atoms with van der Waals surface area (Å²) in [5.41, 5.74) is 3.55. The number of aryl methyl sites for hydroxylation is 2. The molecule has 0 aliphatic carbocycles. The van der Waals surface area contributed by atoms with Gasteiger partial charge in [0.15, 0.2) is 5.69 Å². The molecule has 0 bridgehead atoms. The lowest BCUT2D eigenvalue weighted by atomic mass is 10.2. The predicted octanol–water partition coefficient (Wildman–Crippen LogP) is 2.26. The Balaban J connectivity index is 2.17. The summed E-state index contributed by atoms with van der Waals surface area (Å²) < 4.78 is 0. The molecule has 3 N–H and O–H groups in total. The number of nitriles is 1. The molecule has 0 radical (unpaired) electrons. The van der Waals surface area contributed by atoms with Crippen LogP contribution < -0.4 is 16.0 Å². The molecule has 124 valence electrons. The Morgan fingerprint density at radius 2 is 2.08 bits per heavy atom. The fraction of sp³-hybridized carbons (Fsp3) is 0.294. The summed E-state index contributed by atoms with van der Waals surface area (Å²) in [6.45, 7) is 4.38. The molecule has 0 spiro atoms. The van der Waals surface area contributed by atoms with Gasteiger partial charge in [0.25, 0.3) is 0 Å². The zero-order valence-electron chi connectivity index (χ0n) is 14.0. The number of nitrogens with one attached hydrogen (secondary N) is 3. The molecular formula is C17H20N6O. The number of hydrogen-bond donors (Lipinski definition) is 3. The summed E-state index contributed by atoms with van der Waals surface area (Å²) in [5, 5.41) is 18.1. The van der Waals surface area contributed by atoms with Crippen LogP contribution in [-0.2, 0) is 4.79 Å². The van der Waals surface area contributed by atoms with Crippen LogP contribution in [0.4, 0.5) is 17.2 Å². The van der Waals surface area contributed by atoms with E-state index in [0.717, 1.165) is 16.9 Å². The highest BCUT2D eigenvalue weighted by Crippen LogP contribution is 2.22. The van der Waals surface area contributed by atoms with Gasteiger partial charge in [0.05, 0.1) is 17.6 Å². The molecule has 1 amide bonds. The summed E-state index contributed by atoms with van der Waals surface area (Å²) >= 11 is 0. The fourth-order valence-electron chi connectivity index (χ4n) is 2.23. The van der Waals surface area contributed by atoms with Crippen LogP contribution in [0.25, 0.3) is 0 Å². The first kappa shape index (κ1) is 17.2. The molecule has 2 aromatic heterocycles. The van der Waals surface area contributed by atoms with E-state index in [0.29, 0.717) is 24.5 Å². The van der Waals surface area contributed by atoms with Crippen LogP contribution in [0.3, 0.4) is 0 Å². The summed E-state index contributed by atoms with van der Waals surface area (Å²) in [6.07, 6.45) is 1.93. The van der Waals surface area contributed by atoms with Gasteiger partial charge in [-0.2, -0.15) is 5.26 Å². The normalized spacial score (nSPS) is 9.92. The summed E-state index contributed by atoms with van der Waals surface area (Å²) in [4.78, 5) is 19.8. The number of hydrogen-bond acceptors (Lipinski definition) is 6. The second kappa shape index (κ2) is 7.92. The number of anilines is 3. The van der Waals surface area contributed by atoms with E-state index in [2.05, 4.69) is 32.0 Å². The Morgan fingerprint density at radius 1 is 1.29 bits per heavy atom. The Kier molecular flexibility index (Phi) is 5.68. The number of nitrogens with zero attached hydrogens (tertiary/aromatic N) is 3. The molecule has 2 rings (SSSR count). The Bertz CT molecular complexity index is 761. The van der Waals surface area contributed by atoms with Crippen molar-refractivity contribution >= 4 is 23.1 Å². The van der Waals surface area contributed by atoms with E-state index in [4.69, 9.17) is 0 Å². The molecule has 2 aromatic rings. The zero-order valence-corrected chi connectivity index (χ0v) is 14.0. The molecule has 0 atom stereocenters. The Labute approximate surface area is 141 Å². The van der Waals surface area contributed by atoms with Gasteiger partial charge in [0, 0.05) is 25.7 Å². The predicted molar refractivity (Wildman–Crippen MR) is 93.1 cm³/mol. The van der Waals surface area contributed by atoms with Crippen molar-refractivity contribution in [2.45, 2.75) is 20.3 Å². The molecule has 0 aliphatic heterocycles. The van der Waals surface area contributed by atoms with Gasteiger partial charge in [0.1, 0.15) is 11.9 Å². The van der Waals surface area contributed by atoms with Gasteiger partial charge in [-0.15, -0.1) is 0 Å². The van der Waals surface area contributed by atoms with Gasteiger partial charge in [0.2, 0.25) is 5.91 Å². The maximum absolute atomic E-state index is 11.2. The highest BCUT2D eigenvalue weighted by molar-refractivity contribution is 5.76. The molecule has 0 fully saturated rings. The van der Waals surface area contributed by atoms with E-state index < -0.39 is 0 Å². The first-order chi connectivity index (χ1) is 11.5. The third-order valence-electron chi connectivity index (χ3n) is 3.31. The van der Waals surface area contributed by atoms with Gasteiger partial charge < -0.3 is 16.0 Å². The van der Waals surface area contributed by atoms with Gasteiger partial charge >= 0.3 is 0 Å². The molecule has 7 nitrogen and oxygen atoms in total. The maximum atomic E-state index is 11.2. The average molecular weight is 324 g/mol. The highest BCUT2D eigenvalue weighted by Gasteiger charge is 2.08. The SMILES string of the molecule is CNC(=O)CCNc1cnc(C#N)c(Nc2cc(C)cc(C)n2)c1. The van der Waals surface area contributed by atoms with Crippen molar-refractivity contribution in [2.24, 2.45) is 0 Å². The highest BCUT2D eigenvalue weighted by atomic mass is 16.1. The van der Waals surface area contributed by atoms with Gasteiger partial charge in [-0.3, -0.25) is 4.79 Å². The fourth-order valence-corrected chi connectivity index (χ4v) is 2.23. The number of pyridine rings is 2. The number of carbonyl (C=O) groups excluding carboxylic acids is 1. The van der Waals surface area contributed by atoms with Crippen molar-refractivity contribution in [1.29, 1.82) is 5.26 Å². The molecule has 0 saturated heterocycles. The van der Waals surface area contributed by atoms with Crippen molar-refractivity contribution in [3.05, 3.63) is 41.3 Å². The van der Waals surface area contributed by atoms with E-state index in [1.54, 1.807) is 19.3 Å². The van der Waals surface area contributed by atoms with Crippen molar-refractivity contribution < 1.29 is 4.79 Å². The Morgan fingerprint density at radius 3 is 2.75 bits per heavy atom. The number of aromatic nitrogens is 2. The standard InChI is InChI=1S/C17H20N6O/c1-11-6-12(2)22-16(7-11)23-14-8-13(10-21-15(14)9-18)20-5-4-17(24)19-3/h6-8,10,20H,4-5H2,1-3H3,(H,19,24)(H,22,23). The van der Waals surface area contributed by atoms with Crippen LogP contribution >= 0.6 is 0 Å². The molecule has 0 aliphatic rings. The van der Waals surface area contributed by atoms with E-state index in [1.165, 1.54) is 0 Å². The van der Waals surface area contributed by atoms with Crippen LogP contribution in [0.15, 0.2) is 24.4 Å². The van der Waals surface area contributed by atoms with Gasteiger partial charge in [-0.05, 0) is 37.6 Å². The topological polar surface area (TPSA) is 103 Å². The minimum Gasteiger partial charge on any atom is -0.383 e. The second-order valence-electron chi connectivity index (χ2n) is 5.38. The minimum absolute atomic E-state index is 0.0399. The quantitative estimate of drug-likeness (QED) is 0.753. The summed E-state index contributed by atoms with van der Waals surface area (Å²) in [6, 6.07) is 7.73. The molecule has 0 aromatic carbocycles. The lowest BCUT2D eigenvalue weighted by Crippen LogP contribution is -2.20. The number of carbonyl (C=O) groups is 1. The average Bonchev–Trinajstić information content (AvgIpc) is 2.54. The van der Waals surface area contributed by atoms with Gasteiger partial charge in [-0.1, -0.05) is 0 Å². The van der Waals surface area contributed by atoms with Crippen LogP contribution in [0.1, 0.15) is 23.4 Å². The summed E-state index contributed by atoms with van der Waals surface area (Å²) in [7, 11) is 1.60. The number of amides is 1.